The Labute approximate surface area is 141 Å². The number of carbonyl (C=O) groups excluding carboxylic acids is 1. The molecule has 0 saturated heterocycles. The fourth-order valence-corrected chi connectivity index (χ4v) is 3.02. The Bertz CT molecular complexity index is 686. The molecule has 1 aliphatic heterocycles. The molecule has 2 aromatic rings. The van der Waals surface area contributed by atoms with Crippen molar-refractivity contribution in [2.24, 2.45) is 0 Å². The molecule has 1 aromatic carbocycles. The van der Waals surface area contributed by atoms with E-state index in [1.807, 2.05) is 41.9 Å². The Morgan fingerprint density at radius 3 is 2.83 bits per heavy atom. The van der Waals surface area contributed by atoms with Gasteiger partial charge in [-0.05, 0) is 19.1 Å². The molecule has 0 saturated carbocycles. The summed E-state index contributed by atoms with van der Waals surface area (Å²) in [5.41, 5.74) is 1.92. The first kappa shape index (κ1) is 16.4. The third-order valence-electron chi connectivity index (χ3n) is 4.14. The molecule has 2 heterocycles. The highest BCUT2D eigenvalue weighted by molar-refractivity contribution is 5.78. The third-order valence-corrected chi connectivity index (χ3v) is 4.14. The van der Waals surface area contributed by atoms with Gasteiger partial charge in [0.05, 0.1) is 18.8 Å². The van der Waals surface area contributed by atoms with Crippen molar-refractivity contribution in [3.05, 3.63) is 41.7 Å². The monoisotopic (exact) mass is 330 g/mol. The number of rotatable bonds is 6. The number of hydrogen-bond acceptors (Lipinski definition) is 5. The number of aryl methyl sites for hydroxylation is 1. The molecule has 1 amide bonds. The normalized spacial score (nSPS) is 16.8. The van der Waals surface area contributed by atoms with Gasteiger partial charge in [0.25, 0.3) is 5.91 Å². The van der Waals surface area contributed by atoms with Crippen LogP contribution in [0.1, 0.15) is 24.2 Å². The minimum Gasteiger partial charge on any atom is -0.484 e. The quantitative estimate of drug-likeness (QED) is 0.802. The standard InChI is InChI=1S/C17H22N4O3/c1-3-21-17-13(11-23-2)9-20(10-15(17)18-19-21)16(22)12-24-14-7-5-4-6-8-14/h4-8,13H,3,9-12H2,1-2H3. The van der Waals surface area contributed by atoms with E-state index in [0.29, 0.717) is 25.4 Å². The molecule has 7 nitrogen and oxygen atoms in total. The summed E-state index contributed by atoms with van der Waals surface area (Å²) in [7, 11) is 1.67. The SMILES string of the molecule is CCn1nnc2c1C(COC)CN(C(=O)COc1ccccc1)C2. The van der Waals surface area contributed by atoms with E-state index in [1.165, 1.54) is 0 Å². The fraction of sp³-hybridized carbons (Fsp3) is 0.471. The fourth-order valence-electron chi connectivity index (χ4n) is 3.02. The molecule has 0 bridgehead atoms. The van der Waals surface area contributed by atoms with Crippen LogP contribution in [-0.2, 0) is 22.6 Å². The Morgan fingerprint density at radius 2 is 2.12 bits per heavy atom. The van der Waals surface area contributed by atoms with Gasteiger partial charge in [0.2, 0.25) is 0 Å². The molecule has 0 spiro atoms. The van der Waals surface area contributed by atoms with Crippen LogP contribution in [0.15, 0.2) is 30.3 Å². The second kappa shape index (κ2) is 7.44. The number of para-hydroxylation sites is 1. The van der Waals surface area contributed by atoms with Crippen LogP contribution in [0.4, 0.5) is 0 Å². The third kappa shape index (κ3) is 3.41. The van der Waals surface area contributed by atoms with Crippen LogP contribution in [0, 0.1) is 0 Å². The second-order valence-corrected chi connectivity index (χ2v) is 5.77. The van der Waals surface area contributed by atoms with Crippen LogP contribution in [0.2, 0.25) is 0 Å². The highest BCUT2D eigenvalue weighted by atomic mass is 16.5. The molecule has 0 fully saturated rings. The van der Waals surface area contributed by atoms with E-state index in [1.54, 1.807) is 12.0 Å². The molecule has 1 aromatic heterocycles. The molecule has 1 aliphatic rings. The largest absolute Gasteiger partial charge is 0.484 e. The zero-order valence-electron chi connectivity index (χ0n) is 14.0. The van der Waals surface area contributed by atoms with Crippen molar-refractivity contribution in [3.8, 4) is 5.75 Å². The summed E-state index contributed by atoms with van der Waals surface area (Å²) in [6.45, 7) is 4.39. The first-order valence-electron chi connectivity index (χ1n) is 8.09. The van der Waals surface area contributed by atoms with E-state index < -0.39 is 0 Å². The zero-order chi connectivity index (χ0) is 16.9. The van der Waals surface area contributed by atoms with Crippen molar-refractivity contribution in [1.82, 2.24) is 19.9 Å². The summed E-state index contributed by atoms with van der Waals surface area (Å²) in [5, 5.41) is 8.41. The van der Waals surface area contributed by atoms with Crippen LogP contribution in [-0.4, -0.2) is 52.7 Å². The molecule has 0 aliphatic carbocycles. The van der Waals surface area contributed by atoms with Gasteiger partial charge >= 0.3 is 0 Å². The summed E-state index contributed by atoms with van der Waals surface area (Å²) in [6, 6.07) is 9.34. The van der Waals surface area contributed by atoms with Crippen LogP contribution in [0.25, 0.3) is 0 Å². The Balaban J connectivity index is 1.69. The van der Waals surface area contributed by atoms with E-state index in [2.05, 4.69) is 10.3 Å². The lowest BCUT2D eigenvalue weighted by molar-refractivity contribution is -0.135. The minimum atomic E-state index is -0.0587. The van der Waals surface area contributed by atoms with Crippen LogP contribution < -0.4 is 4.74 Å². The first-order chi connectivity index (χ1) is 11.7. The molecule has 1 atom stereocenters. The van der Waals surface area contributed by atoms with Crippen molar-refractivity contribution in [2.75, 3.05) is 26.9 Å². The molecular weight excluding hydrogens is 308 g/mol. The van der Waals surface area contributed by atoms with Crippen molar-refractivity contribution in [3.63, 3.8) is 0 Å². The minimum absolute atomic E-state index is 0.0148. The number of carbonyl (C=O) groups is 1. The van der Waals surface area contributed by atoms with E-state index in [9.17, 15) is 4.79 Å². The van der Waals surface area contributed by atoms with Gasteiger partial charge in [0.15, 0.2) is 6.61 Å². The van der Waals surface area contributed by atoms with Crippen molar-refractivity contribution in [1.29, 1.82) is 0 Å². The van der Waals surface area contributed by atoms with Gasteiger partial charge in [-0.2, -0.15) is 0 Å². The smallest absolute Gasteiger partial charge is 0.260 e. The predicted molar refractivity (Wildman–Crippen MR) is 87.7 cm³/mol. The van der Waals surface area contributed by atoms with E-state index in [4.69, 9.17) is 9.47 Å². The molecule has 0 radical (unpaired) electrons. The molecular formula is C17H22N4O3. The van der Waals surface area contributed by atoms with Gasteiger partial charge in [0, 0.05) is 26.1 Å². The Morgan fingerprint density at radius 1 is 1.33 bits per heavy atom. The summed E-state index contributed by atoms with van der Waals surface area (Å²) in [4.78, 5) is 14.3. The van der Waals surface area contributed by atoms with Gasteiger partial charge in [-0.3, -0.25) is 4.79 Å². The molecule has 1 unspecified atom stereocenters. The van der Waals surface area contributed by atoms with Crippen LogP contribution in [0.5, 0.6) is 5.75 Å². The average Bonchev–Trinajstić information content (AvgIpc) is 3.04. The maximum atomic E-state index is 12.5. The Kier molecular flexibility index (Phi) is 5.10. The van der Waals surface area contributed by atoms with Gasteiger partial charge in [-0.25, -0.2) is 4.68 Å². The van der Waals surface area contributed by atoms with E-state index in [-0.39, 0.29) is 18.4 Å². The molecule has 0 N–H and O–H groups in total. The summed E-state index contributed by atoms with van der Waals surface area (Å²) < 4.78 is 12.8. The summed E-state index contributed by atoms with van der Waals surface area (Å²) in [5.74, 6) is 0.708. The van der Waals surface area contributed by atoms with Crippen LogP contribution >= 0.6 is 0 Å². The lowest BCUT2D eigenvalue weighted by Crippen LogP contribution is -2.42. The number of amides is 1. The zero-order valence-corrected chi connectivity index (χ0v) is 14.0. The lowest BCUT2D eigenvalue weighted by Gasteiger charge is -2.32. The van der Waals surface area contributed by atoms with Gasteiger partial charge < -0.3 is 14.4 Å². The number of fused-ring (bicyclic) bond motifs is 1. The maximum Gasteiger partial charge on any atom is 0.260 e. The first-order valence-corrected chi connectivity index (χ1v) is 8.09. The number of ether oxygens (including phenoxy) is 2. The molecule has 24 heavy (non-hydrogen) atoms. The highest BCUT2D eigenvalue weighted by Crippen LogP contribution is 2.27. The molecule has 128 valence electrons. The second-order valence-electron chi connectivity index (χ2n) is 5.77. The van der Waals surface area contributed by atoms with Gasteiger partial charge in [-0.15, -0.1) is 5.10 Å². The van der Waals surface area contributed by atoms with Crippen molar-refractivity contribution in [2.45, 2.75) is 25.9 Å². The van der Waals surface area contributed by atoms with Crippen molar-refractivity contribution < 1.29 is 14.3 Å². The number of nitrogens with zero attached hydrogens (tertiary/aromatic N) is 4. The average molecular weight is 330 g/mol. The van der Waals surface area contributed by atoms with Gasteiger partial charge in [-0.1, -0.05) is 23.4 Å². The highest BCUT2D eigenvalue weighted by Gasteiger charge is 2.32. The Hall–Kier alpha value is -2.41. The molecule has 3 rings (SSSR count). The number of benzene rings is 1. The maximum absolute atomic E-state index is 12.5. The summed E-state index contributed by atoms with van der Waals surface area (Å²) >= 11 is 0. The molecule has 7 heteroatoms. The lowest BCUT2D eigenvalue weighted by atomic mass is 9.99. The van der Waals surface area contributed by atoms with Crippen LogP contribution in [0.3, 0.4) is 0 Å². The predicted octanol–water partition coefficient (Wildman–Crippen LogP) is 1.45. The number of hydrogen-bond donors (Lipinski definition) is 0. The summed E-state index contributed by atoms with van der Waals surface area (Å²) in [6.07, 6.45) is 0. The topological polar surface area (TPSA) is 69.5 Å². The van der Waals surface area contributed by atoms with Gasteiger partial charge in [0.1, 0.15) is 11.4 Å². The van der Waals surface area contributed by atoms with E-state index >= 15 is 0 Å². The number of methoxy groups -OCH3 is 1. The van der Waals surface area contributed by atoms with E-state index in [0.717, 1.165) is 17.9 Å². The number of aromatic nitrogens is 3. The van der Waals surface area contributed by atoms with Crippen molar-refractivity contribution >= 4 is 5.91 Å².